The zero-order chi connectivity index (χ0) is 19.0. The van der Waals surface area contributed by atoms with Gasteiger partial charge in [-0.15, -0.1) is 11.3 Å². The number of aryl methyl sites for hydroxylation is 2. The second-order valence-electron chi connectivity index (χ2n) is 7.26. The van der Waals surface area contributed by atoms with Crippen LogP contribution < -0.4 is 11.1 Å². The number of anilines is 2. The summed E-state index contributed by atoms with van der Waals surface area (Å²) in [4.78, 5) is 23.1. The largest absolute Gasteiger partial charge is 0.399 e. The lowest BCUT2D eigenvalue weighted by Gasteiger charge is -2.21. The third-order valence-corrected chi connectivity index (χ3v) is 5.47. The van der Waals surface area contributed by atoms with Crippen molar-refractivity contribution in [3.05, 3.63) is 47.0 Å². The summed E-state index contributed by atoms with van der Waals surface area (Å²) < 4.78 is 0. The molecule has 0 bridgehead atoms. The Morgan fingerprint density at radius 3 is 2.81 bits per heavy atom. The van der Waals surface area contributed by atoms with E-state index in [1.165, 1.54) is 5.56 Å². The lowest BCUT2D eigenvalue weighted by Crippen LogP contribution is -2.18. The summed E-state index contributed by atoms with van der Waals surface area (Å²) in [6, 6.07) is 9.93. The molecule has 0 saturated heterocycles. The van der Waals surface area contributed by atoms with Crippen molar-refractivity contribution in [1.82, 2.24) is 9.97 Å². The Morgan fingerprint density at radius 1 is 1.22 bits per heavy atom. The molecule has 2 heterocycles. The first kappa shape index (κ1) is 17.7. The van der Waals surface area contributed by atoms with Crippen LogP contribution in [0.2, 0.25) is 0 Å². The highest BCUT2D eigenvalue weighted by atomic mass is 32.1. The molecule has 1 aromatic carbocycles. The van der Waals surface area contributed by atoms with Gasteiger partial charge in [-0.2, -0.15) is 0 Å². The van der Waals surface area contributed by atoms with Gasteiger partial charge < -0.3 is 11.1 Å². The Labute approximate surface area is 162 Å². The van der Waals surface area contributed by atoms with Gasteiger partial charge in [-0.1, -0.05) is 26.0 Å². The van der Waals surface area contributed by atoms with Gasteiger partial charge in [-0.3, -0.25) is 4.79 Å². The van der Waals surface area contributed by atoms with E-state index < -0.39 is 0 Å². The van der Waals surface area contributed by atoms with Crippen LogP contribution in [0.25, 0.3) is 21.8 Å². The number of nitrogens with one attached hydrogen (secondary N) is 1. The van der Waals surface area contributed by atoms with Gasteiger partial charge in [0, 0.05) is 17.7 Å². The Hall–Kier alpha value is -2.73. The maximum atomic E-state index is 12.4. The number of hydrogen-bond donors (Lipinski definition) is 2. The molecule has 1 aliphatic carbocycles. The normalized spacial score (nSPS) is 12.6. The quantitative estimate of drug-likeness (QED) is 0.653. The lowest BCUT2D eigenvalue weighted by atomic mass is 9.91. The lowest BCUT2D eigenvalue weighted by molar-refractivity contribution is -0.116. The van der Waals surface area contributed by atoms with Crippen LogP contribution in [0, 0.1) is 5.92 Å². The first-order valence-corrected chi connectivity index (χ1v) is 10.0. The molecule has 3 aromatic rings. The zero-order valence-corrected chi connectivity index (χ0v) is 16.3. The summed E-state index contributed by atoms with van der Waals surface area (Å²) in [5.41, 5.74) is 11.5. The molecule has 2 aromatic heterocycles. The van der Waals surface area contributed by atoms with E-state index in [0.717, 1.165) is 46.1 Å². The summed E-state index contributed by atoms with van der Waals surface area (Å²) in [5.74, 6) is 0.819. The van der Waals surface area contributed by atoms with Crippen molar-refractivity contribution in [2.75, 3.05) is 11.1 Å². The highest BCUT2D eigenvalue weighted by Gasteiger charge is 2.23. The van der Waals surface area contributed by atoms with Gasteiger partial charge >= 0.3 is 0 Å². The third-order valence-electron chi connectivity index (χ3n) is 4.59. The number of amides is 1. The van der Waals surface area contributed by atoms with E-state index in [-0.39, 0.29) is 11.8 Å². The fraction of sp³-hybridized carbons (Fsp3) is 0.286. The topological polar surface area (TPSA) is 80.9 Å². The average molecular weight is 379 g/mol. The van der Waals surface area contributed by atoms with Crippen LogP contribution in [0.5, 0.6) is 0 Å². The Balaban J connectivity index is 1.82. The number of nitrogens with zero attached hydrogens (tertiary/aromatic N) is 2. The molecule has 138 valence electrons. The molecule has 1 aliphatic rings. The minimum Gasteiger partial charge on any atom is -0.399 e. The summed E-state index contributed by atoms with van der Waals surface area (Å²) >= 11 is 1.59. The SMILES string of the molecule is CC(C)CC(=O)Nc1nc2c(nc1-c1cccs1)-c1ccc(N)cc1CC2. The minimum absolute atomic E-state index is 0.0268. The second kappa shape index (κ2) is 7.12. The van der Waals surface area contributed by atoms with Crippen molar-refractivity contribution < 1.29 is 4.79 Å². The van der Waals surface area contributed by atoms with Gasteiger partial charge in [0.2, 0.25) is 5.91 Å². The maximum Gasteiger partial charge on any atom is 0.225 e. The van der Waals surface area contributed by atoms with E-state index in [9.17, 15) is 4.79 Å². The first-order chi connectivity index (χ1) is 13.0. The standard InChI is InChI=1S/C21H22N4OS/c1-12(2)10-18(26)24-21-20(17-4-3-9-27-17)25-19-15-7-6-14(22)11-13(15)5-8-16(19)23-21/h3-4,6-7,9,11-12H,5,8,10,22H2,1-2H3,(H,23,24,26). The molecule has 0 atom stereocenters. The first-order valence-electron chi connectivity index (χ1n) is 9.14. The zero-order valence-electron chi connectivity index (χ0n) is 15.5. The average Bonchev–Trinajstić information content (AvgIpc) is 3.14. The van der Waals surface area contributed by atoms with Crippen molar-refractivity contribution in [3.8, 4) is 21.8 Å². The van der Waals surface area contributed by atoms with Crippen molar-refractivity contribution in [2.45, 2.75) is 33.1 Å². The van der Waals surface area contributed by atoms with Crippen molar-refractivity contribution >= 4 is 28.7 Å². The van der Waals surface area contributed by atoms with Gasteiger partial charge in [-0.05, 0) is 47.9 Å². The van der Waals surface area contributed by atoms with Crippen LogP contribution in [0.1, 0.15) is 31.5 Å². The van der Waals surface area contributed by atoms with E-state index in [2.05, 4.69) is 5.32 Å². The van der Waals surface area contributed by atoms with Gasteiger partial charge in [0.05, 0.1) is 16.3 Å². The number of carbonyl (C=O) groups is 1. The number of rotatable bonds is 4. The van der Waals surface area contributed by atoms with E-state index in [1.54, 1.807) is 11.3 Å². The number of thiophene rings is 1. The summed E-state index contributed by atoms with van der Waals surface area (Å²) in [6.45, 7) is 4.06. The highest BCUT2D eigenvalue weighted by Crippen LogP contribution is 2.37. The molecule has 0 aliphatic heterocycles. The number of aromatic nitrogens is 2. The number of nitrogens with two attached hydrogens (primary N) is 1. The molecular weight excluding hydrogens is 356 g/mol. The van der Waals surface area contributed by atoms with E-state index >= 15 is 0 Å². The van der Waals surface area contributed by atoms with Crippen LogP contribution >= 0.6 is 11.3 Å². The Morgan fingerprint density at radius 2 is 2.07 bits per heavy atom. The molecule has 0 radical (unpaired) electrons. The highest BCUT2D eigenvalue weighted by molar-refractivity contribution is 7.13. The predicted octanol–water partition coefficient (Wildman–Crippen LogP) is 4.54. The monoisotopic (exact) mass is 378 g/mol. The number of benzene rings is 1. The van der Waals surface area contributed by atoms with Crippen LogP contribution in [0.4, 0.5) is 11.5 Å². The summed E-state index contributed by atoms with van der Waals surface area (Å²) in [7, 11) is 0. The number of nitrogen functional groups attached to an aromatic ring is 1. The Kier molecular flexibility index (Phi) is 4.66. The molecule has 4 rings (SSSR count). The number of fused-ring (bicyclic) bond motifs is 3. The van der Waals surface area contributed by atoms with Crippen molar-refractivity contribution in [3.63, 3.8) is 0 Å². The van der Waals surface area contributed by atoms with Gasteiger partial charge in [0.15, 0.2) is 5.82 Å². The van der Waals surface area contributed by atoms with E-state index in [4.69, 9.17) is 15.7 Å². The van der Waals surface area contributed by atoms with Gasteiger partial charge in [-0.25, -0.2) is 9.97 Å². The summed E-state index contributed by atoms with van der Waals surface area (Å²) in [6.07, 6.45) is 2.13. The van der Waals surface area contributed by atoms with Crippen LogP contribution in [-0.2, 0) is 17.6 Å². The molecule has 0 spiro atoms. The van der Waals surface area contributed by atoms with Gasteiger partial charge in [0.25, 0.3) is 0 Å². The molecule has 5 nitrogen and oxygen atoms in total. The molecule has 3 N–H and O–H groups in total. The fourth-order valence-electron chi connectivity index (χ4n) is 3.39. The molecule has 6 heteroatoms. The van der Waals surface area contributed by atoms with Crippen LogP contribution in [0.3, 0.4) is 0 Å². The second-order valence-corrected chi connectivity index (χ2v) is 8.20. The maximum absolute atomic E-state index is 12.4. The smallest absolute Gasteiger partial charge is 0.225 e. The van der Waals surface area contributed by atoms with Crippen LogP contribution in [-0.4, -0.2) is 15.9 Å². The number of hydrogen-bond acceptors (Lipinski definition) is 5. The predicted molar refractivity (Wildman–Crippen MR) is 111 cm³/mol. The Bertz CT molecular complexity index is 996. The molecule has 0 fully saturated rings. The minimum atomic E-state index is -0.0268. The molecule has 1 amide bonds. The molecular formula is C21H22N4OS. The fourth-order valence-corrected chi connectivity index (χ4v) is 4.11. The van der Waals surface area contributed by atoms with Crippen molar-refractivity contribution in [2.24, 2.45) is 5.92 Å². The van der Waals surface area contributed by atoms with Crippen molar-refractivity contribution in [1.29, 1.82) is 0 Å². The third kappa shape index (κ3) is 3.57. The molecule has 27 heavy (non-hydrogen) atoms. The molecule has 0 unspecified atom stereocenters. The van der Waals surface area contributed by atoms with Crippen LogP contribution in [0.15, 0.2) is 35.7 Å². The summed E-state index contributed by atoms with van der Waals surface area (Å²) in [5, 5.41) is 4.99. The van der Waals surface area contributed by atoms with E-state index in [0.29, 0.717) is 12.2 Å². The molecule has 0 saturated carbocycles. The van der Waals surface area contributed by atoms with E-state index in [1.807, 2.05) is 49.6 Å². The number of carbonyl (C=O) groups excluding carboxylic acids is 1. The van der Waals surface area contributed by atoms with Gasteiger partial charge in [0.1, 0.15) is 5.69 Å².